The van der Waals surface area contributed by atoms with E-state index in [4.69, 9.17) is 38.3 Å². The number of nitriles is 1. The molecule has 0 unspecified atom stereocenters. The van der Waals surface area contributed by atoms with Gasteiger partial charge in [-0.3, -0.25) is 20.3 Å². The van der Waals surface area contributed by atoms with Crippen LogP contribution in [0.15, 0.2) is 53.6 Å². The van der Waals surface area contributed by atoms with Crippen molar-refractivity contribution in [1.29, 1.82) is 5.26 Å². The Labute approximate surface area is 235 Å². The first-order valence-electron chi connectivity index (χ1n) is 11.4. The van der Waals surface area contributed by atoms with Crippen LogP contribution < -0.4 is 15.5 Å². The van der Waals surface area contributed by atoms with Gasteiger partial charge < -0.3 is 14.7 Å². The fourth-order valence-corrected chi connectivity index (χ4v) is 4.46. The number of hydrogen-bond donors (Lipinski definition) is 3. The molecule has 0 bridgehead atoms. The van der Waals surface area contributed by atoms with E-state index in [0.717, 1.165) is 6.07 Å². The number of benzene rings is 3. The molecule has 3 aromatic carbocycles. The Morgan fingerprint density at radius 3 is 2.40 bits per heavy atom. The predicted molar refractivity (Wildman–Crippen MR) is 141 cm³/mol. The summed E-state index contributed by atoms with van der Waals surface area (Å²) < 4.78 is 32.9. The van der Waals surface area contributed by atoms with E-state index in [1.807, 2.05) is 0 Å². The standard InChI is InChI=1S/C26H17Cl2F2N5O5/c27-20-9-17(33-34-22(11-31)24(36)32-26(38)39)10-21(28)23(20)40-18-1-2-19-14(7-18)3-4-35(25(19)37)12-13-5-15(29)8-16(30)6-13/h1-2,5-10,33H,3-4,12H2,(H,32,36)(H,38,39). The maximum absolute atomic E-state index is 13.5. The van der Waals surface area contributed by atoms with E-state index in [2.05, 4.69) is 10.5 Å². The first-order valence-corrected chi connectivity index (χ1v) is 12.1. The second-order valence-corrected chi connectivity index (χ2v) is 9.20. The lowest BCUT2D eigenvalue weighted by molar-refractivity contribution is -0.114. The van der Waals surface area contributed by atoms with Crippen LogP contribution in [0.25, 0.3) is 0 Å². The summed E-state index contributed by atoms with van der Waals surface area (Å²) in [5.41, 5.74) is 3.29. The van der Waals surface area contributed by atoms with Gasteiger partial charge in [0.15, 0.2) is 5.75 Å². The summed E-state index contributed by atoms with van der Waals surface area (Å²) in [5.74, 6) is -2.53. The lowest BCUT2D eigenvalue weighted by Crippen LogP contribution is -2.37. The largest absolute Gasteiger partial charge is 0.465 e. The summed E-state index contributed by atoms with van der Waals surface area (Å²) in [7, 11) is 0. The Kier molecular flexibility index (Phi) is 8.47. The van der Waals surface area contributed by atoms with Crippen molar-refractivity contribution >= 4 is 52.5 Å². The number of hydrogen-bond acceptors (Lipinski definition) is 7. The van der Waals surface area contributed by atoms with Crippen LogP contribution in [0.5, 0.6) is 11.5 Å². The average Bonchev–Trinajstić information content (AvgIpc) is 2.87. The Hall–Kier alpha value is -4.73. The number of carboxylic acid groups (broad SMARTS) is 1. The average molecular weight is 588 g/mol. The summed E-state index contributed by atoms with van der Waals surface area (Å²) in [5, 5.41) is 22.7. The van der Waals surface area contributed by atoms with Crippen molar-refractivity contribution in [2.75, 3.05) is 12.0 Å². The SMILES string of the molecule is N#CC(=NNc1cc(Cl)c(Oc2ccc3c(c2)CCN(Cc2cc(F)cc(F)c2)C3=O)c(Cl)c1)C(=O)NC(=O)O. The highest BCUT2D eigenvalue weighted by atomic mass is 35.5. The minimum absolute atomic E-state index is 0.0426. The highest BCUT2D eigenvalue weighted by Crippen LogP contribution is 2.39. The van der Waals surface area contributed by atoms with Crippen molar-refractivity contribution in [3.63, 3.8) is 0 Å². The number of imide groups is 1. The molecule has 3 N–H and O–H groups in total. The van der Waals surface area contributed by atoms with Crippen molar-refractivity contribution in [3.8, 4) is 17.6 Å². The number of hydrazone groups is 1. The molecule has 14 heteroatoms. The number of halogens is 4. The van der Waals surface area contributed by atoms with Gasteiger partial charge in [0, 0.05) is 24.7 Å². The molecule has 0 aliphatic carbocycles. The number of ether oxygens (including phenoxy) is 1. The Morgan fingerprint density at radius 1 is 1.10 bits per heavy atom. The van der Waals surface area contributed by atoms with Crippen molar-refractivity contribution in [2.24, 2.45) is 5.10 Å². The van der Waals surface area contributed by atoms with E-state index in [1.54, 1.807) is 18.2 Å². The van der Waals surface area contributed by atoms with Gasteiger partial charge in [-0.1, -0.05) is 23.2 Å². The second-order valence-electron chi connectivity index (χ2n) is 8.39. The number of amides is 3. The van der Waals surface area contributed by atoms with Crippen LogP contribution in [0.3, 0.4) is 0 Å². The van der Waals surface area contributed by atoms with Gasteiger partial charge in [0.05, 0.1) is 15.7 Å². The maximum atomic E-state index is 13.5. The van der Waals surface area contributed by atoms with E-state index in [9.17, 15) is 23.2 Å². The van der Waals surface area contributed by atoms with E-state index in [1.165, 1.54) is 40.6 Å². The van der Waals surface area contributed by atoms with Gasteiger partial charge >= 0.3 is 6.09 Å². The fraction of sp³-hybridized carbons (Fsp3) is 0.115. The molecule has 3 amide bonds. The van der Waals surface area contributed by atoms with Gasteiger partial charge in [0.2, 0.25) is 5.71 Å². The number of nitrogens with zero attached hydrogens (tertiary/aromatic N) is 3. The zero-order valence-electron chi connectivity index (χ0n) is 20.2. The van der Waals surface area contributed by atoms with Crippen LogP contribution in [-0.4, -0.2) is 40.2 Å². The molecule has 1 aliphatic heterocycles. The summed E-state index contributed by atoms with van der Waals surface area (Å²) in [4.78, 5) is 36.7. The van der Waals surface area contributed by atoms with Crippen molar-refractivity contribution < 1.29 is 33.0 Å². The predicted octanol–water partition coefficient (Wildman–Crippen LogP) is 5.35. The highest BCUT2D eigenvalue weighted by molar-refractivity contribution is 6.46. The number of carbonyl (C=O) groups is 3. The van der Waals surface area contributed by atoms with Crippen LogP contribution in [0, 0.1) is 23.0 Å². The van der Waals surface area contributed by atoms with Crippen LogP contribution in [0.4, 0.5) is 19.3 Å². The minimum Gasteiger partial charge on any atom is -0.465 e. The lowest BCUT2D eigenvalue weighted by atomic mass is 9.98. The number of fused-ring (bicyclic) bond motifs is 1. The molecule has 0 saturated heterocycles. The van der Waals surface area contributed by atoms with Crippen LogP contribution in [0.2, 0.25) is 10.0 Å². The van der Waals surface area contributed by atoms with Gasteiger partial charge in [-0.05, 0) is 60.0 Å². The molecular weight excluding hydrogens is 571 g/mol. The molecule has 0 fully saturated rings. The van der Waals surface area contributed by atoms with Gasteiger partial charge in [-0.15, -0.1) is 0 Å². The molecule has 0 spiro atoms. The quantitative estimate of drug-likeness (QED) is 0.249. The van der Waals surface area contributed by atoms with Gasteiger partial charge in [0.25, 0.3) is 11.8 Å². The third-order valence-electron chi connectivity index (χ3n) is 5.60. The molecule has 0 saturated carbocycles. The number of rotatable bonds is 7. The van der Waals surface area contributed by atoms with E-state index in [-0.39, 0.29) is 33.9 Å². The first-order chi connectivity index (χ1) is 19.0. The maximum Gasteiger partial charge on any atom is 0.411 e. The van der Waals surface area contributed by atoms with Gasteiger partial charge in [-0.25, -0.2) is 13.6 Å². The molecule has 1 heterocycles. The summed E-state index contributed by atoms with van der Waals surface area (Å²) in [6.07, 6.45) is -1.18. The molecule has 0 aromatic heterocycles. The van der Waals surface area contributed by atoms with Crippen LogP contribution in [0.1, 0.15) is 21.5 Å². The normalized spacial score (nSPS) is 12.8. The zero-order valence-corrected chi connectivity index (χ0v) is 21.7. The fourth-order valence-electron chi connectivity index (χ4n) is 3.89. The van der Waals surface area contributed by atoms with E-state index >= 15 is 0 Å². The molecule has 3 aromatic rings. The van der Waals surface area contributed by atoms with Crippen LogP contribution >= 0.6 is 23.2 Å². The first kappa shape index (κ1) is 28.3. The third-order valence-corrected chi connectivity index (χ3v) is 6.16. The van der Waals surface area contributed by atoms with E-state index < -0.39 is 29.3 Å². The number of nitrogens with one attached hydrogen (secondary N) is 2. The van der Waals surface area contributed by atoms with Gasteiger partial charge in [0.1, 0.15) is 23.5 Å². The molecule has 0 radical (unpaired) electrons. The monoisotopic (exact) mass is 587 g/mol. The van der Waals surface area contributed by atoms with Crippen molar-refractivity contribution in [2.45, 2.75) is 13.0 Å². The number of carbonyl (C=O) groups excluding carboxylic acids is 2. The molecule has 40 heavy (non-hydrogen) atoms. The Morgan fingerprint density at radius 2 is 1.77 bits per heavy atom. The lowest BCUT2D eigenvalue weighted by Gasteiger charge is -2.29. The second kappa shape index (κ2) is 12.0. The molecule has 10 nitrogen and oxygen atoms in total. The molecule has 1 aliphatic rings. The summed E-state index contributed by atoms with van der Waals surface area (Å²) in [6, 6.07) is 12.1. The van der Waals surface area contributed by atoms with Gasteiger partial charge in [-0.2, -0.15) is 10.4 Å². The molecule has 0 atom stereocenters. The Balaban J connectivity index is 1.47. The smallest absolute Gasteiger partial charge is 0.411 e. The Bertz CT molecular complexity index is 1570. The molecular formula is C26H17Cl2F2N5O5. The molecule has 4 rings (SSSR count). The van der Waals surface area contributed by atoms with Crippen molar-refractivity contribution in [1.82, 2.24) is 10.2 Å². The topological polar surface area (TPSA) is 144 Å². The zero-order chi connectivity index (χ0) is 29.0. The highest BCUT2D eigenvalue weighted by Gasteiger charge is 2.25. The van der Waals surface area contributed by atoms with Crippen molar-refractivity contribution in [3.05, 3.63) is 86.9 Å². The third kappa shape index (κ3) is 6.63. The molecule has 204 valence electrons. The van der Waals surface area contributed by atoms with E-state index in [0.29, 0.717) is 35.4 Å². The number of anilines is 1. The summed E-state index contributed by atoms with van der Waals surface area (Å²) >= 11 is 12.6. The minimum atomic E-state index is -1.65. The summed E-state index contributed by atoms with van der Waals surface area (Å²) in [6.45, 7) is 0.381. The van der Waals surface area contributed by atoms with Crippen LogP contribution in [-0.2, 0) is 17.8 Å².